The quantitative estimate of drug-likeness (QED) is 0.817. The molecule has 0 spiro atoms. The van der Waals surface area contributed by atoms with Crippen LogP contribution in [0.2, 0.25) is 0 Å². The lowest BCUT2D eigenvalue weighted by atomic mass is 10.2. The monoisotopic (exact) mass is 296 g/mol. The van der Waals surface area contributed by atoms with Gasteiger partial charge in [0.15, 0.2) is 5.25 Å². The highest BCUT2D eigenvalue weighted by Gasteiger charge is 2.21. The average molecular weight is 296 g/mol. The number of sulfonamides is 1. The Labute approximate surface area is 117 Å². The smallest absolute Gasteiger partial charge is 0.248 e. The predicted octanol–water partition coefficient (Wildman–Crippen LogP) is 1.21. The van der Waals surface area contributed by atoms with Crippen molar-refractivity contribution in [1.82, 2.24) is 0 Å². The summed E-state index contributed by atoms with van der Waals surface area (Å²) in [6.45, 7) is 1.10. The average Bonchev–Trinajstić information content (AvgIpc) is 2.40. The van der Waals surface area contributed by atoms with Gasteiger partial charge in [0.25, 0.3) is 0 Å². The van der Waals surface area contributed by atoms with Crippen LogP contribution in [-0.4, -0.2) is 25.4 Å². The number of nitrogens with zero attached hydrogens (tertiary/aromatic N) is 1. The molecule has 20 heavy (non-hydrogen) atoms. The fourth-order valence-electron chi connectivity index (χ4n) is 1.23. The summed E-state index contributed by atoms with van der Waals surface area (Å²) in [6.07, 6.45) is 0.192. The highest BCUT2D eigenvalue weighted by atomic mass is 32.2. The van der Waals surface area contributed by atoms with Gasteiger partial charge in [-0.25, -0.2) is 12.8 Å². The lowest BCUT2D eigenvalue weighted by molar-refractivity contribution is 0.305. The summed E-state index contributed by atoms with van der Waals surface area (Å²) < 4.78 is 38.9. The number of aliphatic hydroxyl groups excluding tert-OH is 1. The molecule has 1 atom stereocenters. The van der Waals surface area contributed by atoms with E-state index in [9.17, 15) is 12.8 Å². The van der Waals surface area contributed by atoms with Gasteiger partial charge in [0.1, 0.15) is 5.82 Å². The first-order chi connectivity index (χ1) is 9.40. The maximum Gasteiger partial charge on any atom is 0.248 e. The Kier molecular flexibility index (Phi) is 5.51. The molecular formula is C13H13FN2O3S. The third-order valence-corrected chi connectivity index (χ3v) is 3.88. The molecule has 0 fully saturated rings. The normalized spacial score (nSPS) is 11.9. The van der Waals surface area contributed by atoms with Crippen LogP contribution in [0.15, 0.2) is 18.2 Å². The molecule has 0 aromatic heterocycles. The Morgan fingerprint density at radius 2 is 2.20 bits per heavy atom. The molecule has 0 saturated carbocycles. The Morgan fingerprint density at radius 3 is 2.80 bits per heavy atom. The van der Waals surface area contributed by atoms with E-state index in [1.165, 1.54) is 13.0 Å². The van der Waals surface area contributed by atoms with Crippen LogP contribution in [-0.2, 0) is 10.0 Å². The minimum Gasteiger partial charge on any atom is -0.395 e. The van der Waals surface area contributed by atoms with Crippen molar-refractivity contribution in [2.75, 3.05) is 11.3 Å². The molecule has 1 aromatic carbocycles. The minimum atomic E-state index is -3.88. The number of nitriles is 1. The number of anilines is 1. The molecule has 5 nitrogen and oxygen atoms in total. The zero-order valence-electron chi connectivity index (χ0n) is 10.7. The fraction of sp³-hybridized carbons (Fsp3) is 0.308. The van der Waals surface area contributed by atoms with E-state index in [2.05, 4.69) is 16.6 Å². The van der Waals surface area contributed by atoms with E-state index in [1.54, 1.807) is 6.07 Å². The first-order valence-electron chi connectivity index (χ1n) is 5.71. The van der Waals surface area contributed by atoms with E-state index in [4.69, 9.17) is 10.4 Å². The summed E-state index contributed by atoms with van der Waals surface area (Å²) >= 11 is 0. The molecule has 106 valence electrons. The number of aliphatic hydroxyl groups is 1. The van der Waals surface area contributed by atoms with Gasteiger partial charge in [-0.05, 0) is 25.1 Å². The molecule has 2 N–H and O–H groups in total. The van der Waals surface area contributed by atoms with Crippen LogP contribution in [0.3, 0.4) is 0 Å². The Morgan fingerprint density at radius 1 is 1.50 bits per heavy atom. The maximum atomic E-state index is 13.2. The van der Waals surface area contributed by atoms with Crippen molar-refractivity contribution in [3.8, 4) is 17.9 Å². The number of benzene rings is 1. The van der Waals surface area contributed by atoms with E-state index >= 15 is 0 Å². The van der Waals surface area contributed by atoms with Gasteiger partial charge in [-0.2, -0.15) is 5.26 Å². The molecule has 0 aliphatic heterocycles. The van der Waals surface area contributed by atoms with Crippen molar-refractivity contribution in [1.29, 1.82) is 5.26 Å². The van der Waals surface area contributed by atoms with Gasteiger partial charge in [0.2, 0.25) is 10.0 Å². The summed E-state index contributed by atoms with van der Waals surface area (Å²) in [5.74, 6) is 4.60. The van der Waals surface area contributed by atoms with E-state index in [0.717, 1.165) is 12.1 Å². The van der Waals surface area contributed by atoms with Crippen LogP contribution in [0.5, 0.6) is 0 Å². The van der Waals surface area contributed by atoms with Crippen LogP contribution in [0.4, 0.5) is 10.1 Å². The second-order valence-corrected chi connectivity index (χ2v) is 5.88. The second-order valence-electron chi connectivity index (χ2n) is 3.88. The summed E-state index contributed by atoms with van der Waals surface area (Å²) in [7, 11) is -3.88. The number of rotatable bonds is 4. The third-order valence-electron chi connectivity index (χ3n) is 2.34. The first-order valence-corrected chi connectivity index (χ1v) is 7.26. The number of nitrogens with one attached hydrogen (secondary N) is 1. The zero-order chi connectivity index (χ0) is 15.2. The van der Waals surface area contributed by atoms with Crippen molar-refractivity contribution >= 4 is 15.7 Å². The topological polar surface area (TPSA) is 90.2 Å². The van der Waals surface area contributed by atoms with Gasteiger partial charge in [-0.3, -0.25) is 4.72 Å². The highest BCUT2D eigenvalue weighted by molar-refractivity contribution is 7.93. The number of hydrogen-bond acceptors (Lipinski definition) is 4. The van der Waals surface area contributed by atoms with Gasteiger partial charge in [0, 0.05) is 6.42 Å². The number of halogens is 1. The third kappa shape index (κ3) is 4.23. The van der Waals surface area contributed by atoms with Gasteiger partial charge < -0.3 is 5.11 Å². The molecule has 0 bridgehead atoms. The molecule has 1 rings (SSSR count). The Hall–Kier alpha value is -2.09. The van der Waals surface area contributed by atoms with Crippen molar-refractivity contribution in [2.45, 2.75) is 18.6 Å². The molecule has 0 amide bonds. The molecular weight excluding hydrogens is 283 g/mol. The standard InChI is InChI=1S/C13H13FN2O3S/c1-10(9-15)20(18,19)16-13-6-5-12(14)8-11(13)4-2-3-7-17/h5-6,8,10,16-17H,3,7H2,1H3. The second kappa shape index (κ2) is 6.90. The molecule has 1 unspecified atom stereocenters. The van der Waals surface area contributed by atoms with Crippen molar-refractivity contribution < 1.29 is 17.9 Å². The highest BCUT2D eigenvalue weighted by Crippen LogP contribution is 2.18. The molecule has 1 aromatic rings. The zero-order valence-corrected chi connectivity index (χ0v) is 11.5. The molecule has 0 heterocycles. The summed E-state index contributed by atoms with van der Waals surface area (Å²) in [6, 6.07) is 5.02. The summed E-state index contributed by atoms with van der Waals surface area (Å²) in [4.78, 5) is 0. The lowest BCUT2D eigenvalue weighted by Gasteiger charge is -2.11. The lowest BCUT2D eigenvalue weighted by Crippen LogP contribution is -2.24. The van der Waals surface area contributed by atoms with Crippen LogP contribution >= 0.6 is 0 Å². The van der Waals surface area contributed by atoms with Crippen molar-refractivity contribution in [2.24, 2.45) is 0 Å². The van der Waals surface area contributed by atoms with E-state index in [1.807, 2.05) is 0 Å². The molecule has 0 saturated heterocycles. The maximum absolute atomic E-state index is 13.2. The SMILES string of the molecule is CC(C#N)S(=O)(=O)Nc1ccc(F)cc1C#CCCO. The minimum absolute atomic E-state index is 0.0962. The molecule has 0 aliphatic carbocycles. The largest absolute Gasteiger partial charge is 0.395 e. The molecule has 0 aliphatic rings. The van der Waals surface area contributed by atoms with Crippen LogP contribution < -0.4 is 4.72 Å². The first kappa shape index (κ1) is 16.0. The van der Waals surface area contributed by atoms with E-state index < -0.39 is 21.1 Å². The Balaban J connectivity index is 3.14. The van der Waals surface area contributed by atoms with Crippen molar-refractivity contribution in [3.05, 3.63) is 29.6 Å². The summed E-state index contributed by atoms with van der Waals surface area (Å²) in [5.41, 5.74) is 0.242. The van der Waals surface area contributed by atoms with Gasteiger partial charge >= 0.3 is 0 Å². The van der Waals surface area contributed by atoms with Crippen LogP contribution in [0.25, 0.3) is 0 Å². The van der Waals surface area contributed by atoms with Crippen molar-refractivity contribution in [3.63, 3.8) is 0 Å². The van der Waals surface area contributed by atoms with E-state index in [0.29, 0.717) is 0 Å². The number of hydrogen-bond donors (Lipinski definition) is 2. The summed E-state index contributed by atoms with van der Waals surface area (Å²) in [5, 5.41) is 16.0. The van der Waals surface area contributed by atoms with Gasteiger partial charge in [0.05, 0.1) is 23.9 Å². The molecule has 0 radical (unpaired) electrons. The predicted molar refractivity (Wildman–Crippen MR) is 72.6 cm³/mol. The van der Waals surface area contributed by atoms with Crippen LogP contribution in [0, 0.1) is 29.0 Å². The Bertz CT molecular complexity index is 684. The van der Waals surface area contributed by atoms with Gasteiger partial charge in [-0.1, -0.05) is 11.8 Å². The van der Waals surface area contributed by atoms with Gasteiger partial charge in [-0.15, -0.1) is 0 Å². The molecule has 7 heteroatoms. The van der Waals surface area contributed by atoms with Crippen LogP contribution in [0.1, 0.15) is 18.9 Å². The fourth-order valence-corrected chi connectivity index (χ4v) is 2.03. The van der Waals surface area contributed by atoms with E-state index in [-0.39, 0.29) is 24.3 Å².